The molecule has 1 N–H and O–H groups in total. The van der Waals surface area contributed by atoms with Crippen molar-refractivity contribution in [1.29, 1.82) is 0 Å². The lowest BCUT2D eigenvalue weighted by Gasteiger charge is -2.22. The molecule has 0 amide bonds. The monoisotopic (exact) mass is 461 g/mol. The second-order valence-electron chi connectivity index (χ2n) is 8.34. The van der Waals surface area contributed by atoms with Crippen LogP contribution in [-0.2, 0) is 27.2 Å². The summed E-state index contributed by atoms with van der Waals surface area (Å²) in [4.78, 5) is 44.0. The van der Waals surface area contributed by atoms with Crippen molar-refractivity contribution < 1.29 is 9.90 Å². The van der Waals surface area contributed by atoms with Crippen molar-refractivity contribution in [2.45, 2.75) is 19.5 Å². The molecule has 9 heteroatoms. The lowest BCUT2D eigenvalue weighted by molar-refractivity contribution is 0.0923. The molecule has 4 aromatic rings. The summed E-state index contributed by atoms with van der Waals surface area (Å²) in [6.07, 6.45) is 2.24. The number of Topliss-reactive ketones (excluding diaryl/α,β-unsaturated/α-hetero) is 1. The summed E-state index contributed by atoms with van der Waals surface area (Å²) >= 11 is 0. The van der Waals surface area contributed by atoms with E-state index >= 15 is 0 Å². The number of nitrogens with zero attached hydrogens (tertiary/aromatic N) is 5. The van der Waals surface area contributed by atoms with E-state index < -0.39 is 5.69 Å². The van der Waals surface area contributed by atoms with Gasteiger partial charge in [0.2, 0.25) is 0 Å². The number of ketones is 1. The van der Waals surface area contributed by atoms with E-state index in [0.29, 0.717) is 42.8 Å². The molecule has 0 fully saturated rings. The minimum Gasteiger partial charge on any atom is -0.508 e. The maximum absolute atomic E-state index is 12.9. The topological polar surface area (TPSA) is 102 Å². The Hall–Kier alpha value is -3.98. The van der Waals surface area contributed by atoms with Gasteiger partial charge in [-0.3, -0.25) is 23.6 Å². The molecule has 2 heterocycles. The summed E-state index contributed by atoms with van der Waals surface area (Å²) in [6.45, 7) is 1.90. The van der Waals surface area contributed by atoms with Crippen LogP contribution in [0.1, 0.15) is 22.3 Å². The third-order valence-electron chi connectivity index (χ3n) is 5.87. The highest BCUT2D eigenvalue weighted by atomic mass is 16.3. The molecule has 0 aliphatic heterocycles. The largest absolute Gasteiger partial charge is 0.508 e. The predicted octanol–water partition coefficient (Wildman–Crippen LogP) is 1.91. The average molecular weight is 462 g/mol. The zero-order chi connectivity index (χ0) is 24.2. The number of rotatable bonds is 9. The number of aryl methyl sites for hydroxylation is 2. The smallest absolute Gasteiger partial charge is 0.332 e. The molecule has 0 unspecified atom stereocenters. The van der Waals surface area contributed by atoms with E-state index in [1.165, 1.54) is 23.7 Å². The minimum absolute atomic E-state index is 0.0587. The first-order valence-corrected chi connectivity index (χ1v) is 11.0. The summed E-state index contributed by atoms with van der Waals surface area (Å²) in [5, 5.41) is 9.72. The Morgan fingerprint density at radius 1 is 1.03 bits per heavy atom. The first-order valence-electron chi connectivity index (χ1n) is 11.0. The van der Waals surface area contributed by atoms with Crippen LogP contribution in [0, 0.1) is 0 Å². The fraction of sp³-hybridized carbons (Fsp3) is 0.280. The van der Waals surface area contributed by atoms with Crippen molar-refractivity contribution >= 4 is 16.9 Å². The lowest BCUT2D eigenvalue weighted by atomic mass is 10.1. The van der Waals surface area contributed by atoms with Crippen molar-refractivity contribution in [2.75, 3.05) is 13.1 Å². The van der Waals surface area contributed by atoms with Gasteiger partial charge in [0, 0.05) is 39.3 Å². The van der Waals surface area contributed by atoms with Crippen LogP contribution in [0.3, 0.4) is 0 Å². The first-order chi connectivity index (χ1) is 16.3. The molecule has 176 valence electrons. The number of aromatic nitrogens is 4. The number of carbonyl (C=O) groups excluding carboxylic acids is 1. The van der Waals surface area contributed by atoms with Gasteiger partial charge in [0.25, 0.3) is 5.56 Å². The zero-order valence-corrected chi connectivity index (χ0v) is 19.2. The highest BCUT2D eigenvalue weighted by Gasteiger charge is 2.16. The van der Waals surface area contributed by atoms with Crippen LogP contribution in [-0.4, -0.2) is 47.6 Å². The Kier molecular flexibility index (Phi) is 6.74. The van der Waals surface area contributed by atoms with Crippen molar-refractivity contribution in [3.05, 3.63) is 92.9 Å². The number of benzene rings is 2. The molecule has 2 aromatic carbocycles. The summed E-state index contributed by atoms with van der Waals surface area (Å²) in [5.74, 6) is -0.0211. The first kappa shape index (κ1) is 23.2. The van der Waals surface area contributed by atoms with E-state index in [1.54, 1.807) is 30.1 Å². The molecule has 2 aromatic heterocycles. The van der Waals surface area contributed by atoms with Gasteiger partial charge >= 0.3 is 5.69 Å². The maximum atomic E-state index is 12.9. The molecule has 4 rings (SSSR count). The van der Waals surface area contributed by atoms with Gasteiger partial charge in [-0.1, -0.05) is 42.5 Å². The normalized spacial score (nSPS) is 11.4. The van der Waals surface area contributed by atoms with Gasteiger partial charge < -0.3 is 9.67 Å². The highest BCUT2D eigenvalue weighted by Crippen LogP contribution is 2.14. The van der Waals surface area contributed by atoms with Gasteiger partial charge in [0.1, 0.15) is 5.75 Å². The molecule has 0 saturated carbocycles. The molecular formula is C25H27N5O4. The maximum Gasteiger partial charge on any atom is 0.332 e. The Labute approximate surface area is 196 Å². The van der Waals surface area contributed by atoms with Crippen LogP contribution in [0.15, 0.2) is 70.5 Å². The molecule has 0 spiro atoms. The average Bonchev–Trinajstić information content (AvgIpc) is 3.26. The van der Waals surface area contributed by atoms with Crippen molar-refractivity contribution in [3.63, 3.8) is 0 Å². The van der Waals surface area contributed by atoms with Gasteiger partial charge in [-0.15, -0.1) is 0 Å². The standard InChI is InChI=1S/C25H27N5O4/c1-27-23-22(24(33)28(2)25(27)34)30(17-26-23)13-7-12-29(15-18-8-4-3-5-9-18)16-21(32)19-10-6-11-20(31)14-19/h3-6,8-11,14,17,31H,7,12-13,15-16H2,1-2H3. The predicted molar refractivity (Wildman–Crippen MR) is 129 cm³/mol. The minimum atomic E-state index is -0.415. The van der Waals surface area contributed by atoms with E-state index in [4.69, 9.17) is 0 Å². The number of fused-ring (bicyclic) bond motifs is 1. The van der Waals surface area contributed by atoms with Crippen molar-refractivity contribution in [3.8, 4) is 5.75 Å². The van der Waals surface area contributed by atoms with Gasteiger partial charge in [-0.05, 0) is 24.1 Å². The SMILES string of the molecule is Cn1c(=O)c2c(ncn2CCCN(CC(=O)c2cccc(O)c2)Cc2ccccc2)n(C)c1=O. The van der Waals surface area contributed by atoms with E-state index in [1.807, 2.05) is 30.3 Å². The number of carbonyl (C=O) groups is 1. The lowest BCUT2D eigenvalue weighted by Crippen LogP contribution is -2.37. The number of imidazole rings is 1. The fourth-order valence-corrected chi connectivity index (χ4v) is 4.06. The number of hydrogen-bond acceptors (Lipinski definition) is 6. The van der Waals surface area contributed by atoms with Crippen molar-refractivity contribution in [2.24, 2.45) is 14.1 Å². The van der Waals surface area contributed by atoms with Gasteiger partial charge in [0.05, 0.1) is 12.9 Å². The van der Waals surface area contributed by atoms with E-state index in [0.717, 1.165) is 10.1 Å². The van der Waals surface area contributed by atoms with Gasteiger partial charge in [-0.25, -0.2) is 9.78 Å². The quantitative estimate of drug-likeness (QED) is 0.382. The van der Waals surface area contributed by atoms with Crippen LogP contribution in [0.5, 0.6) is 5.75 Å². The second-order valence-corrected chi connectivity index (χ2v) is 8.34. The number of hydrogen-bond donors (Lipinski definition) is 1. The third kappa shape index (κ3) is 4.84. The molecule has 9 nitrogen and oxygen atoms in total. The fourth-order valence-electron chi connectivity index (χ4n) is 4.06. The van der Waals surface area contributed by atoms with E-state index in [2.05, 4.69) is 9.88 Å². The van der Waals surface area contributed by atoms with Crippen LogP contribution >= 0.6 is 0 Å². The Balaban J connectivity index is 1.51. The molecule has 0 bridgehead atoms. The highest BCUT2D eigenvalue weighted by molar-refractivity contribution is 5.97. The molecule has 0 atom stereocenters. The van der Waals surface area contributed by atoms with Crippen LogP contribution in [0.4, 0.5) is 0 Å². The van der Waals surface area contributed by atoms with Crippen LogP contribution in [0.2, 0.25) is 0 Å². The number of aromatic hydroxyl groups is 1. The Morgan fingerprint density at radius 2 is 1.79 bits per heavy atom. The molecule has 0 radical (unpaired) electrons. The van der Waals surface area contributed by atoms with E-state index in [-0.39, 0.29) is 23.6 Å². The molecule has 0 aliphatic rings. The summed E-state index contributed by atoms with van der Waals surface area (Å²) < 4.78 is 4.20. The van der Waals surface area contributed by atoms with Gasteiger partial charge in [0.15, 0.2) is 16.9 Å². The van der Waals surface area contributed by atoms with Crippen LogP contribution in [0.25, 0.3) is 11.2 Å². The summed E-state index contributed by atoms with van der Waals surface area (Å²) in [6, 6.07) is 16.3. The van der Waals surface area contributed by atoms with Gasteiger partial charge in [-0.2, -0.15) is 0 Å². The number of phenols is 1. The molecule has 0 saturated heterocycles. The molecular weight excluding hydrogens is 434 g/mol. The van der Waals surface area contributed by atoms with Crippen LogP contribution < -0.4 is 11.2 Å². The second kappa shape index (κ2) is 9.88. The number of phenolic OH excluding ortho intramolecular Hbond substituents is 1. The van der Waals surface area contributed by atoms with E-state index in [9.17, 15) is 19.5 Å². The molecule has 0 aliphatic carbocycles. The van der Waals surface area contributed by atoms with Crippen molar-refractivity contribution in [1.82, 2.24) is 23.6 Å². The molecule has 34 heavy (non-hydrogen) atoms. The Morgan fingerprint density at radius 3 is 2.53 bits per heavy atom. The zero-order valence-electron chi connectivity index (χ0n) is 19.2. The summed E-state index contributed by atoms with van der Waals surface area (Å²) in [5.41, 5.74) is 1.49. The third-order valence-corrected chi connectivity index (χ3v) is 5.87. The Bertz CT molecular complexity index is 1440. The summed E-state index contributed by atoms with van der Waals surface area (Å²) in [7, 11) is 3.05.